The Balaban J connectivity index is 1.86. The number of carbonyl (C=O) groups is 1. The largest absolute Gasteiger partial charge is 0.378 e. The Morgan fingerprint density at radius 3 is 2.48 bits per heavy atom. The van der Waals surface area contributed by atoms with Gasteiger partial charge in [-0.1, -0.05) is 30.3 Å². The lowest BCUT2D eigenvalue weighted by Crippen LogP contribution is -2.36. The van der Waals surface area contributed by atoms with Gasteiger partial charge >= 0.3 is 0 Å². The summed E-state index contributed by atoms with van der Waals surface area (Å²) in [5.74, 6) is -0.247. The van der Waals surface area contributed by atoms with E-state index in [0.29, 0.717) is 37.6 Å². The van der Waals surface area contributed by atoms with Crippen LogP contribution in [0.3, 0.4) is 0 Å². The van der Waals surface area contributed by atoms with E-state index in [0.717, 1.165) is 5.56 Å². The number of rotatable bonds is 5. The number of amides is 1. The van der Waals surface area contributed by atoms with E-state index in [9.17, 15) is 14.9 Å². The number of nitrogens with zero attached hydrogens (tertiary/aromatic N) is 3. The monoisotopic (exact) mass is 369 g/mol. The highest BCUT2D eigenvalue weighted by atomic mass is 16.6. The highest BCUT2D eigenvalue weighted by Gasteiger charge is 2.25. The molecule has 142 valence electrons. The molecular formula is C20H23N3O4. The molecule has 7 nitrogen and oxygen atoms in total. The van der Waals surface area contributed by atoms with Crippen LogP contribution in [-0.4, -0.2) is 49.1 Å². The van der Waals surface area contributed by atoms with Crippen molar-refractivity contribution in [3.05, 3.63) is 69.8 Å². The van der Waals surface area contributed by atoms with Crippen LogP contribution in [0.1, 0.15) is 28.9 Å². The smallest absolute Gasteiger partial charge is 0.293 e. The van der Waals surface area contributed by atoms with E-state index in [2.05, 4.69) is 0 Å². The second kappa shape index (κ2) is 8.18. The van der Waals surface area contributed by atoms with E-state index >= 15 is 0 Å². The third-order valence-electron chi connectivity index (χ3n) is 4.95. The fourth-order valence-electron chi connectivity index (χ4n) is 3.21. The summed E-state index contributed by atoms with van der Waals surface area (Å²) in [5, 5.41) is 11.6. The minimum Gasteiger partial charge on any atom is -0.378 e. The van der Waals surface area contributed by atoms with Gasteiger partial charge in [0.1, 0.15) is 5.69 Å². The van der Waals surface area contributed by atoms with Gasteiger partial charge in [0.2, 0.25) is 0 Å². The highest BCUT2D eigenvalue weighted by molar-refractivity contribution is 5.96. The Bertz CT molecular complexity index is 819. The van der Waals surface area contributed by atoms with E-state index in [-0.39, 0.29) is 17.6 Å². The number of anilines is 1. The van der Waals surface area contributed by atoms with Crippen molar-refractivity contribution < 1.29 is 14.5 Å². The van der Waals surface area contributed by atoms with Crippen LogP contribution in [0.2, 0.25) is 0 Å². The molecule has 1 aliphatic heterocycles. The van der Waals surface area contributed by atoms with E-state index in [4.69, 9.17) is 4.74 Å². The normalized spacial score (nSPS) is 15.3. The number of carbonyl (C=O) groups excluding carboxylic acids is 1. The van der Waals surface area contributed by atoms with Gasteiger partial charge < -0.3 is 14.5 Å². The van der Waals surface area contributed by atoms with Gasteiger partial charge in [0, 0.05) is 31.8 Å². The first kappa shape index (κ1) is 18.8. The summed E-state index contributed by atoms with van der Waals surface area (Å²) < 4.78 is 5.31. The van der Waals surface area contributed by atoms with Crippen LogP contribution in [0.25, 0.3) is 0 Å². The van der Waals surface area contributed by atoms with Crippen LogP contribution in [0, 0.1) is 10.1 Å². The summed E-state index contributed by atoms with van der Waals surface area (Å²) in [7, 11) is 1.71. The van der Waals surface area contributed by atoms with Gasteiger partial charge in [0.15, 0.2) is 0 Å². The van der Waals surface area contributed by atoms with Gasteiger partial charge in [-0.25, -0.2) is 0 Å². The predicted molar refractivity (Wildman–Crippen MR) is 103 cm³/mol. The maximum atomic E-state index is 12.9. The molecule has 0 radical (unpaired) electrons. The minimum absolute atomic E-state index is 0.0523. The first-order valence-corrected chi connectivity index (χ1v) is 8.92. The Kier molecular flexibility index (Phi) is 5.71. The molecule has 1 aliphatic rings. The van der Waals surface area contributed by atoms with Crippen molar-refractivity contribution in [1.29, 1.82) is 0 Å². The van der Waals surface area contributed by atoms with Crippen molar-refractivity contribution in [3.8, 4) is 0 Å². The van der Waals surface area contributed by atoms with Crippen LogP contribution in [-0.2, 0) is 4.74 Å². The molecule has 0 aliphatic carbocycles. The standard InChI is InChI=1S/C20H23N3O4/c1-15(16-6-4-3-5-7-16)21(2)20(24)17-8-9-18(19(14-17)23(25)26)22-10-12-27-13-11-22/h3-9,14-15H,10-13H2,1-2H3. The Labute approximate surface area is 158 Å². The molecule has 1 saturated heterocycles. The topological polar surface area (TPSA) is 75.9 Å². The first-order valence-electron chi connectivity index (χ1n) is 8.92. The van der Waals surface area contributed by atoms with Crippen LogP contribution in [0.15, 0.2) is 48.5 Å². The number of benzene rings is 2. The van der Waals surface area contributed by atoms with Gasteiger partial charge in [0.25, 0.3) is 11.6 Å². The third-order valence-corrected chi connectivity index (χ3v) is 4.95. The zero-order valence-electron chi connectivity index (χ0n) is 15.5. The van der Waals surface area contributed by atoms with Gasteiger partial charge in [-0.2, -0.15) is 0 Å². The van der Waals surface area contributed by atoms with Gasteiger partial charge in [-0.15, -0.1) is 0 Å². The first-order chi connectivity index (χ1) is 13.0. The number of ether oxygens (including phenoxy) is 1. The van der Waals surface area contributed by atoms with E-state index < -0.39 is 4.92 Å². The van der Waals surface area contributed by atoms with Gasteiger partial charge in [-0.3, -0.25) is 14.9 Å². The molecule has 1 fully saturated rings. The zero-order valence-corrected chi connectivity index (χ0v) is 15.5. The van der Waals surface area contributed by atoms with Crippen molar-refractivity contribution in [2.75, 3.05) is 38.3 Å². The van der Waals surface area contributed by atoms with Crippen molar-refractivity contribution in [2.24, 2.45) is 0 Å². The fourth-order valence-corrected chi connectivity index (χ4v) is 3.21. The molecule has 0 N–H and O–H groups in total. The lowest BCUT2D eigenvalue weighted by Gasteiger charge is -2.29. The fraction of sp³-hybridized carbons (Fsp3) is 0.350. The van der Waals surface area contributed by atoms with E-state index in [1.54, 1.807) is 24.1 Å². The van der Waals surface area contributed by atoms with Crippen LogP contribution < -0.4 is 4.90 Å². The number of morpholine rings is 1. The minimum atomic E-state index is -0.428. The predicted octanol–water partition coefficient (Wildman–Crippen LogP) is 3.26. The molecular weight excluding hydrogens is 346 g/mol. The summed E-state index contributed by atoms with van der Waals surface area (Å²) in [4.78, 5) is 27.6. The van der Waals surface area contributed by atoms with Crippen LogP contribution in [0.4, 0.5) is 11.4 Å². The molecule has 3 rings (SSSR count). The average molecular weight is 369 g/mol. The van der Waals surface area contributed by atoms with Gasteiger partial charge in [-0.05, 0) is 24.6 Å². The molecule has 27 heavy (non-hydrogen) atoms. The molecule has 0 aromatic heterocycles. The maximum absolute atomic E-state index is 12.9. The molecule has 1 atom stereocenters. The zero-order chi connectivity index (χ0) is 19.4. The lowest BCUT2D eigenvalue weighted by atomic mass is 10.1. The maximum Gasteiger partial charge on any atom is 0.293 e. The summed E-state index contributed by atoms with van der Waals surface area (Å²) in [5.41, 5.74) is 1.79. The van der Waals surface area contributed by atoms with Crippen molar-refractivity contribution in [1.82, 2.24) is 4.90 Å². The van der Waals surface area contributed by atoms with Crippen molar-refractivity contribution in [3.63, 3.8) is 0 Å². The third kappa shape index (κ3) is 4.09. The Morgan fingerprint density at radius 1 is 1.19 bits per heavy atom. The summed E-state index contributed by atoms with van der Waals surface area (Å²) in [6.45, 7) is 4.20. The molecule has 1 amide bonds. The van der Waals surface area contributed by atoms with Crippen LogP contribution in [0.5, 0.6) is 0 Å². The second-order valence-corrected chi connectivity index (χ2v) is 6.56. The molecule has 1 unspecified atom stereocenters. The second-order valence-electron chi connectivity index (χ2n) is 6.56. The number of hydrogen-bond acceptors (Lipinski definition) is 5. The number of nitro groups is 1. The molecule has 0 saturated carbocycles. The SMILES string of the molecule is CC(c1ccccc1)N(C)C(=O)c1ccc(N2CCOCC2)c([N+](=O)[O-])c1. The summed E-state index contributed by atoms with van der Waals surface area (Å²) in [6.07, 6.45) is 0. The average Bonchev–Trinajstić information content (AvgIpc) is 2.73. The molecule has 1 heterocycles. The van der Waals surface area contributed by atoms with E-state index in [1.807, 2.05) is 42.2 Å². The van der Waals surface area contributed by atoms with Crippen LogP contribution >= 0.6 is 0 Å². The molecule has 0 spiro atoms. The molecule has 7 heteroatoms. The quantitative estimate of drug-likeness (QED) is 0.597. The molecule has 2 aromatic carbocycles. The molecule has 2 aromatic rings. The van der Waals surface area contributed by atoms with Crippen molar-refractivity contribution >= 4 is 17.3 Å². The Morgan fingerprint density at radius 2 is 1.85 bits per heavy atom. The number of hydrogen-bond donors (Lipinski definition) is 0. The molecule has 0 bridgehead atoms. The lowest BCUT2D eigenvalue weighted by molar-refractivity contribution is -0.384. The van der Waals surface area contributed by atoms with E-state index in [1.165, 1.54) is 6.07 Å². The number of nitro benzene ring substituents is 1. The van der Waals surface area contributed by atoms with Crippen molar-refractivity contribution in [2.45, 2.75) is 13.0 Å². The van der Waals surface area contributed by atoms with Gasteiger partial charge in [0.05, 0.1) is 24.2 Å². The summed E-state index contributed by atoms with van der Waals surface area (Å²) in [6, 6.07) is 14.2. The summed E-state index contributed by atoms with van der Waals surface area (Å²) >= 11 is 0. The highest BCUT2D eigenvalue weighted by Crippen LogP contribution is 2.31. The Hall–Kier alpha value is -2.93.